The molecule has 0 aromatic rings. The Kier molecular flexibility index (Phi) is 4.29. The molecule has 1 saturated heterocycles. The van der Waals surface area contributed by atoms with Gasteiger partial charge in [0, 0.05) is 0 Å². The molecule has 1 heterocycles. The van der Waals surface area contributed by atoms with E-state index in [1.807, 2.05) is 13.8 Å². The lowest BCUT2D eigenvalue weighted by Gasteiger charge is -2.24. The monoisotopic (exact) mass is 229 g/mol. The average Bonchev–Trinajstić information content (AvgIpc) is 2.59. The maximum Gasteiger partial charge on any atom is 0.321 e. The van der Waals surface area contributed by atoms with Crippen molar-refractivity contribution in [2.75, 3.05) is 6.54 Å². The fourth-order valence-corrected chi connectivity index (χ4v) is 2.48. The summed E-state index contributed by atoms with van der Waals surface area (Å²) in [6.45, 7) is 4.69. The van der Waals surface area contributed by atoms with Gasteiger partial charge in [-0.1, -0.05) is 20.3 Å². The van der Waals surface area contributed by atoms with Gasteiger partial charge in [0.15, 0.2) is 0 Å². The van der Waals surface area contributed by atoms with E-state index in [9.17, 15) is 9.59 Å². The van der Waals surface area contributed by atoms with Crippen molar-refractivity contribution in [1.29, 1.82) is 0 Å². The molecule has 0 saturated carbocycles. The maximum atomic E-state index is 11.0. The summed E-state index contributed by atoms with van der Waals surface area (Å²) in [6.07, 6.45) is 0.869. The van der Waals surface area contributed by atoms with Crippen LogP contribution in [0, 0.1) is 17.8 Å². The largest absolute Gasteiger partial charge is 0.481 e. The van der Waals surface area contributed by atoms with Gasteiger partial charge in [0.05, 0.1) is 6.42 Å². The van der Waals surface area contributed by atoms with Gasteiger partial charge in [0.1, 0.15) is 6.04 Å². The first-order valence-electron chi connectivity index (χ1n) is 5.65. The van der Waals surface area contributed by atoms with E-state index in [0.717, 1.165) is 6.42 Å². The molecule has 4 atom stereocenters. The zero-order chi connectivity index (χ0) is 12.3. The van der Waals surface area contributed by atoms with Crippen LogP contribution in [0.5, 0.6) is 0 Å². The van der Waals surface area contributed by atoms with E-state index < -0.39 is 18.0 Å². The van der Waals surface area contributed by atoms with Crippen LogP contribution in [0.25, 0.3) is 0 Å². The number of aliphatic carboxylic acids is 2. The van der Waals surface area contributed by atoms with Gasteiger partial charge in [0.25, 0.3) is 0 Å². The third-order valence-electron chi connectivity index (χ3n) is 3.60. The highest BCUT2D eigenvalue weighted by atomic mass is 16.4. The Morgan fingerprint density at radius 1 is 1.44 bits per heavy atom. The zero-order valence-corrected chi connectivity index (χ0v) is 9.64. The Bertz CT molecular complexity index is 279. The molecule has 1 aliphatic rings. The molecule has 1 fully saturated rings. The molecule has 0 aromatic carbocycles. The molecule has 16 heavy (non-hydrogen) atoms. The predicted molar refractivity (Wildman–Crippen MR) is 58.1 cm³/mol. The summed E-state index contributed by atoms with van der Waals surface area (Å²) >= 11 is 0. The van der Waals surface area contributed by atoms with Crippen molar-refractivity contribution < 1.29 is 19.8 Å². The molecule has 1 aliphatic heterocycles. The minimum Gasteiger partial charge on any atom is -0.481 e. The van der Waals surface area contributed by atoms with Crippen LogP contribution in [0.2, 0.25) is 0 Å². The van der Waals surface area contributed by atoms with Crippen molar-refractivity contribution in [2.24, 2.45) is 17.8 Å². The summed E-state index contributed by atoms with van der Waals surface area (Å²) in [7, 11) is 0. The van der Waals surface area contributed by atoms with E-state index in [2.05, 4.69) is 5.32 Å². The Morgan fingerprint density at radius 3 is 2.50 bits per heavy atom. The summed E-state index contributed by atoms with van der Waals surface area (Å²) in [5, 5.41) is 20.8. The number of hydrogen-bond acceptors (Lipinski definition) is 3. The normalized spacial score (nSPS) is 31.2. The molecule has 5 nitrogen and oxygen atoms in total. The molecule has 0 unspecified atom stereocenters. The molecule has 0 spiro atoms. The average molecular weight is 229 g/mol. The number of carboxylic acid groups (broad SMARTS) is 2. The van der Waals surface area contributed by atoms with Crippen LogP contribution in [0.3, 0.4) is 0 Å². The third kappa shape index (κ3) is 2.72. The van der Waals surface area contributed by atoms with E-state index in [0.29, 0.717) is 12.5 Å². The van der Waals surface area contributed by atoms with Gasteiger partial charge >= 0.3 is 11.9 Å². The van der Waals surface area contributed by atoms with Crippen LogP contribution in [0.4, 0.5) is 0 Å². The van der Waals surface area contributed by atoms with E-state index in [1.54, 1.807) is 0 Å². The highest BCUT2D eigenvalue weighted by Crippen LogP contribution is 2.33. The van der Waals surface area contributed by atoms with Crippen molar-refractivity contribution in [1.82, 2.24) is 5.32 Å². The fraction of sp³-hybridized carbons (Fsp3) is 0.818. The second-order valence-electron chi connectivity index (χ2n) is 4.54. The lowest BCUT2D eigenvalue weighted by molar-refractivity contribution is -0.142. The van der Waals surface area contributed by atoms with Crippen LogP contribution in [0.15, 0.2) is 0 Å². The van der Waals surface area contributed by atoms with Gasteiger partial charge < -0.3 is 15.5 Å². The summed E-state index contributed by atoms with van der Waals surface area (Å²) in [4.78, 5) is 21.8. The van der Waals surface area contributed by atoms with Gasteiger partial charge in [-0.25, -0.2) is 0 Å². The molecular formula is C11H19NO4. The number of nitrogens with one attached hydrogen (secondary N) is 1. The Balaban J connectivity index is 2.78. The summed E-state index contributed by atoms with van der Waals surface area (Å²) in [5.74, 6) is -1.68. The second-order valence-corrected chi connectivity index (χ2v) is 4.54. The Hall–Kier alpha value is -1.10. The molecule has 0 aromatic heterocycles. The molecule has 0 radical (unpaired) electrons. The van der Waals surface area contributed by atoms with Crippen LogP contribution < -0.4 is 5.32 Å². The van der Waals surface area contributed by atoms with Crippen LogP contribution in [0.1, 0.15) is 26.7 Å². The van der Waals surface area contributed by atoms with Gasteiger partial charge in [-0.3, -0.25) is 9.59 Å². The fourth-order valence-electron chi connectivity index (χ4n) is 2.48. The minimum atomic E-state index is -0.947. The van der Waals surface area contributed by atoms with Gasteiger partial charge in [-0.2, -0.15) is 0 Å². The molecule has 5 heteroatoms. The molecule has 1 rings (SSSR count). The van der Waals surface area contributed by atoms with Crippen LogP contribution in [-0.4, -0.2) is 34.7 Å². The number of carboxylic acids is 2. The standard InChI is InChI=1S/C11H19NO4/c1-3-6(2)8-5-12-10(11(15)16)7(8)4-9(13)14/h6-8,10,12H,3-5H2,1-2H3,(H,13,14)(H,15,16)/t6-,7-,8-,10-/m0/s1. The SMILES string of the molecule is CC[C@H](C)[C@@H]1CN[C@H](C(=O)O)[C@H]1CC(=O)O. The van der Waals surface area contributed by atoms with Crippen molar-refractivity contribution in [3.8, 4) is 0 Å². The molecule has 0 aliphatic carbocycles. The van der Waals surface area contributed by atoms with E-state index in [-0.39, 0.29) is 18.3 Å². The van der Waals surface area contributed by atoms with Crippen molar-refractivity contribution in [3.05, 3.63) is 0 Å². The zero-order valence-electron chi connectivity index (χ0n) is 9.64. The van der Waals surface area contributed by atoms with Crippen LogP contribution >= 0.6 is 0 Å². The quantitative estimate of drug-likeness (QED) is 0.649. The van der Waals surface area contributed by atoms with Gasteiger partial charge in [-0.15, -0.1) is 0 Å². The van der Waals surface area contributed by atoms with Crippen LogP contribution in [-0.2, 0) is 9.59 Å². The summed E-state index contributed by atoms with van der Waals surface area (Å²) < 4.78 is 0. The number of carbonyl (C=O) groups is 2. The molecule has 92 valence electrons. The molecule has 0 bridgehead atoms. The second kappa shape index (κ2) is 5.30. The van der Waals surface area contributed by atoms with Gasteiger partial charge in [-0.05, 0) is 24.3 Å². The molecule has 3 N–H and O–H groups in total. The minimum absolute atomic E-state index is 0.0705. The summed E-state index contributed by atoms with van der Waals surface area (Å²) in [5.41, 5.74) is 0. The third-order valence-corrected chi connectivity index (χ3v) is 3.60. The first-order chi connectivity index (χ1) is 7.47. The topological polar surface area (TPSA) is 86.6 Å². The van der Waals surface area contributed by atoms with Crippen molar-refractivity contribution >= 4 is 11.9 Å². The van der Waals surface area contributed by atoms with E-state index in [1.165, 1.54) is 0 Å². The Morgan fingerprint density at radius 2 is 2.06 bits per heavy atom. The first kappa shape index (κ1) is 13.0. The maximum absolute atomic E-state index is 11.0. The van der Waals surface area contributed by atoms with Crippen molar-refractivity contribution in [3.63, 3.8) is 0 Å². The van der Waals surface area contributed by atoms with Gasteiger partial charge in [0.2, 0.25) is 0 Å². The molecular weight excluding hydrogens is 210 g/mol. The number of hydrogen-bond donors (Lipinski definition) is 3. The van der Waals surface area contributed by atoms with E-state index >= 15 is 0 Å². The lowest BCUT2D eigenvalue weighted by atomic mass is 9.79. The lowest BCUT2D eigenvalue weighted by Crippen LogP contribution is -2.37. The smallest absolute Gasteiger partial charge is 0.321 e. The highest BCUT2D eigenvalue weighted by Gasteiger charge is 2.42. The molecule has 0 amide bonds. The highest BCUT2D eigenvalue weighted by molar-refractivity contribution is 5.76. The van der Waals surface area contributed by atoms with Crippen molar-refractivity contribution in [2.45, 2.75) is 32.7 Å². The predicted octanol–water partition coefficient (Wildman–Crippen LogP) is 0.796. The Labute approximate surface area is 94.8 Å². The number of rotatable bonds is 5. The first-order valence-corrected chi connectivity index (χ1v) is 5.65. The van der Waals surface area contributed by atoms with E-state index in [4.69, 9.17) is 10.2 Å². The summed E-state index contributed by atoms with van der Waals surface area (Å²) in [6, 6.07) is -0.713.